The van der Waals surface area contributed by atoms with E-state index in [4.69, 9.17) is 4.74 Å². The van der Waals surface area contributed by atoms with Gasteiger partial charge in [0.15, 0.2) is 0 Å². The number of methoxy groups -OCH3 is 1. The zero-order valence-corrected chi connectivity index (χ0v) is 9.31. The molecule has 0 amide bonds. The molecule has 1 aliphatic heterocycles. The van der Waals surface area contributed by atoms with Gasteiger partial charge in [-0.15, -0.1) is 0 Å². The fourth-order valence-electron chi connectivity index (χ4n) is 1.35. The van der Waals surface area contributed by atoms with Crippen LogP contribution in [0.4, 0.5) is 0 Å². The molecule has 1 N–H and O–H groups in total. The fourth-order valence-corrected chi connectivity index (χ4v) is 1.89. The monoisotopic (exact) mass is 241 g/mol. The van der Waals surface area contributed by atoms with Gasteiger partial charge in [0.05, 0.1) is 17.1 Å². The number of benzene rings is 1. The maximum Gasteiger partial charge on any atom is 0.133 e. The summed E-state index contributed by atoms with van der Waals surface area (Å²) in [4.78, 5) is 0. The Bertz CT molecular complexity index is 334. The molecule has 0 spiro atoms. The molecule has 3 heteroatoms. The van der Waals surface area contributed by atoms with Crippen molar-refractivity contribution in [3.05, 3.63) is 28.2 Å². The van der Waals surface area contributed by atoms with Gasteiger partial charge < -0.3 is 10.1 Å². The van der Waals surface area contributed by atoms with Crippen molar-refractivity contribution in [2.24, 2.45) is 0 Å². The van der Waals surface area contributed by atoms with E-state index in [0.717, 1.165) is 16.8 Å². The Morgan fingerprint density at radius 3 is 2.69 bits per heavy atom. The number of nitrogens with one attached hydrogen (secondary N) is 1. The Hall–Kier alpha value is -0.540. The van der Waals surface area contributed by atoms with Crippen LogP contribution in [-0.4, -0.2) is 13.7 Å². The van der Waals surface area contributed by atoms with Gasteiger partial charge in [0.25, 0.3) is 0 Å². The molecule has 1 fully saturated rings. The predicted octanol–water partition coefficient (Wildman–Crippen LogP) is 2.28. The molecule has 2 rings (SSSR count). The molecule has 1 atom stereocenters. The average molecular weight is 242 g/mol. The minimum atomic E-state index is 0.189. The topological polar surface area (TPSA) is 31.2 Å². The highest BCUT2D eigenvalue weighted by Gasteiger charge is 2.38. The van der Waals surface area contributed by atoms with Crippen LogP contribution in [0.3, 0.4) is 0 Å². The first-order chi connectivity index (χ1) is 6.15. The van der Waals surface area contributed by atoms with Gasteiger partial charge in [-0.25, -0.2) is 0 Å². The predicted molar refractivity (Wildman–Crippen MR) is 56.0 cm³/mol. The van der Waals surface area contributed by atoms with E-state index in [1.807, 2.05) is 6.07 Å². The number of ether oxygens (including phenoxy) is 1. The van der Waals surface area contributed by atoms with E-state index in [2.05, 4.69) is 40.3 Å². The fraction of sp³-hybridized carbons (Fsp3) is 0.400. The molecule has 2 nitrogen and oxygen atoms in total. The van der Waals surface area contributed by atoms with Crippen molar-refractivity contribution in [1.29, 1.82) is 0 Å². The molecule has 0 bridgehead atoms. The Morgan fingerprint density at radius 1 is 1.54 bits per heavy atom. The lowest BCUT2D eigenvalue weighted by atomic mass is 10.0. The number of rotatable bonds is 2. The standard InChI is InChI=1S/C10H12BrNO/c1-10(6-12-10)7-3-4-9(13-2)8(11)5-7/h3-5,12H,6H2,1-2H3. The molecule has 1 aromatic rings. The van der Waals surface area contributed by atoms with Crippen LogP contribution in [0.2, 0.25) is 0 Å². The van der Waals surface area contributed by atoms with Crippen LogP contribution in [0.1, 0.15) is 12.5 Å². The van der Waals surface area contributed by atoms with Crippen LogP contribution in [0.15, 0.2) is 22.7 Å². The lowest BCUT2D eigenvalue weighted by Gasteiger charge is -2.09. The summed E-state index contributed by atoms with van der Waals surface area (Å²) in [6.07, 6.45) is 0. The largest absolute Gasteiger partial charge is 0.496 e. The van der Waals surface area contributed by atoms with Crippen molar-refractivity contribution < 1.29 is 4.74 Å². The van der Waals surface area contributed by atoms with E-state index in [0.29, 0.717) is 0 Å². The highest BCUT2D eigenvalue weighted by atomic mass is 79.9. The maximum atomic E-state index is 5.17. The quantitative estimate of drug-likeness (QED) is 0.806. The zero-order valence-electron chi connectivity index (χ0n) is 7.73. The summed E-state index contributed by atoms with van der Waals surface area (Å²) in [6, 6.07) is 6.20. The lowest BCUT2D eigenvalue weighted by Crippen LogP contribution is -2.06. The molecule has 0 radical (unpaired) electrons. The van der Waals surface area contributed by atoms with Crippen molar-refractivity contribution >= 4 is 15.9 Å². The van der Waals surface area contributed by atoms with Crippen LogP contribution in [0.5, 0.6) is 5.75 Å². The molecule has 0 saturated carbocycles. The summed E-state index contributed by atoms with van der Waals surface area (Å²) >= 11 is 3.47. The van der Waals surface area contributed by atoms with Crippen molar-refractivity contribution in [3.8, 4) is 5.75 Å². The van der Waals surface area contributed by atoms with E-state index < -0.39 is 0 Å². The van der Waals surface area contributed by atoms with E-state index in [-0.39, 0.29) is 5.54 Å². The Kier molecular flexibility index (Phi) is 2.08. The molecule has 70 valence electrons. The molecule has 1 aromatic carbocycles. The van der Waals surface area contributed by atoms with E-state index >= 15 is 0 Å². The molecular formula is C10H12BrNO. The van der Waals surface area contributed by atoms with Gasteiger partial charge in [-0.1, -0.05) is 6.07 Å². The SMILES string of the molecule is COc1ccc(C2(C)CN2)cc1Br. The normalized spacial score (nSPS) is 25.8. The molecule has 13 heavy (non-hydrogen) atoms. The molecule has 1 heterocycles. The summed E-state index contributed by atoms with van der Waals surface area (Å²) in [7, 11) is 1.68. The van der Waals surface area contributed by atoms with Crippen LogP contribution in [0, 0.1) is 0 Å². The summed E-state index contributed by atoms with van der Waals surface area (Å²) in [5, 5.41) is 3.33. The minimum absolute atomic E-state index is 0.189. The van der Waals surface area contributed by atoms with E-state index in [9.17, 15) is 0 Å². The molecule has 0 aliphatic carbocycles. The van der Waals surface area contributed by atoms with Gasteiger partial charge in [0.1, 0.15) is 5.75 Å². The second kappa shape index (κ2) is 3.00. The Morgan fingerprint density at radius 2 is 2.23 bits per heavy atom. The second-order valence-electron chi connectivity index (χ2n) is 3.53. The van der Waals surface area contributed by atoms with Crippen molar-refractivity contribution in [3.63, 3.8) is 0 Å². The molecular weight excluding hydrogens is 230 g/mol. The van der Waals surface area contributed by atoms with Crippen LogP contribution in [0.25, 0.3) is 0 Å². The minimum Gasteiger partial charge on any atom is -0.496 e. The van der Waals surface area contributed by atoms with Gasteiger partial charge in [0.2, 0.25) is 0 Å². The van der Waals surface area contributed by atoms with Gasteiger partial charge in [-0.3, -0.25) is 0 Å². The van der Waals surface area contributed by atoms with Crippen molar-refractivity contribution in [1.82, 2.24) is 5.32 Å². The third-order valence-electron chi connectivity index (χ3n) is 2.50. The molecule has 0 aromatic heterocycles. The van der Waals surface area contributed by atoms with Crippen LogP contribution in [-0.2, 0) is 5.54 Å². The Balaban J connectivity index is 2.36. The van der Waals surface area contributed by atoms with Crippen molar-refractivity contribution in [2.45, 2.75) is 12.5 Å². The van der Waals surface area contributed by atoms with Crippen molar-refractivity contribution in [2.75, 3.05) is 13.7 Å². The average Bonchev–Trinajstić information content (AvgIpc) is 2.85. The van der Waals surface area contributed by atoms with Gasteiger partial charge in [-0.2, -0.15) is 0 Å². The molecule has 1 aliphatic rings. The van der Waals surface area contributed by atoms with Crippen LogP contribution < -0.4 is 10.1 Å². The summed E-state index contributed by atoms with van der Waals surface area (Å²) < 4.78 is 6.18. The second-order valence-corrected chi connectivity index (χ2v) is 4.39. The van der Waals surface area contributed by atoms with Gasteiger partial charge in [0, 0.05) is 6.54 Å². The number of hydrogen-bond donors (Lipinski definition) is 1. The molecule has 1 unspecified atom stereocenters. The van der Waals surface area contributed by atoms with Gasteiger partial charge >= 0.3 is 0 Å². The van der Waals surface area contributed by atoms with Gasteiger partial charge in [-0.05, 0) is 40.5 Å². The van der Waals surface area contributed by atoms with E-state index in [1.165, 1.54) is 5.56 Å². The summed E-state index contributed by atoms with van der Waals surface area (Å²) in [5.41, 5.74) is 1.49. The third kappa shape index (κ3) is 1.58. The number of halogens is 1. The molecule has 1 saturated heterocycles. The van der Waals surface area contributed by atoms with E-state index in [1.54, 1.807) is 7.11 Å². The lowest BCUT2D eigenvalue weighted by molar-refractivity contribution is 0.412. The first-order valence-electron chi connectivity index (χ1n) is 4.25. The maximum absolute atomic E-state index is 5.17. The highest BCUT2D eigenvalue weighted by Crippen LogP contribution is 2.34. The smallest absolute Gasteiger partial charge is 0.133 e. The number of hydrogen-bond acceptors (Lipinski definition) is 2. The summed E-state index contributed by atoms with van der Waals surface area (Å²) in [5.74, 6) is 0.882. The first kappa shape index (κ1) is 9.03. The third-order valence-corrected chi connectivity index (χ3v) is 3.12. The van der Waals surface area contributed by atoms with Crippen LogP contribution >= 0.6 is 15.9 Å². The highest BCUT2D eigenvalue weighted by molar-refractivity contribution is 9.10. The zero-order chi connectivity index (χ0) is 9.47. The first-order valence-corrected chi connectivity index (χ1v) is 5.04. The summed E-state index contributed by atoms with van der Waals surface area (Å²) in [6.45, 7) is 3.26. The Labute approximate surface area is 86.4 Å².